The summed E-state index contributed by atoms with van der Waals surface area (Å²) >= 11 is 6.17. The van der Waals surface area contributed by atoms with Gasteiger partial charge in [-0.2, -0.15) is 0 Å². The maximum atomic E-state index is 12.2. The minimum Gasteiger partial charge on any atom is -0.465 e. The second-order valence-corrected chi connectivity index (χ2v) is 6.24. The van der Waals surface area contributed by atoms with Crippen molar-refractivity contribution >= 4 is 28.5 Å². The molecule has 1 atom stereocenters. The van der Waals surface area contributed by atoms with Crippen LogP contribution in [0.25, 0.3) is 10.9 Å². The van der Waals surface area contributed by atoms with Gasteiger partial charge in [0.05, 0.1) is 12.1 Å². The molecule has 0 spiro atoms. The summed E-state index contributed by atoms with van der Waals surface area (Å²) < 4.78 is 5.24. The highest BCUT2D eigenvalue weighted by atomic mass is 35.5. The lowest BCUT2D eigenvalue weighted by Gasteiger charge is -2.34. The standard InChI is InChI=1S/C18H21ClN2O2/c1-2-23-18(22)16-9-5-6-10-21(16)12-13-11-17(19)20-15-8-4-3-7-14(13)15/h3-4,7-8,11,16H,2,5-6,9-10,12H2,1H3/t16-/m1/s1. The largest absolute Gasteiger partial charge is 0.465 e. The Kier molecular flexibility index (Phi) is 5.13. The molecule has 1 aromatic heterocycles. The molecule has 4 nitrogen and oxygen atoms in total. The van der Waals surface area contributed by atoms with Crippen molar-refractivity contribution in [3.8, 4) is 0 Å². The maximum Gasteiger partial charge on any atom is 0.323 e. The van der Waals surface area contributed by atoms with Gasteiger partial charge in [0, 0.05) is 11.9 Å². The normalized spacial score (nSPS) is 19.0. The third-order valence-corrected chi connectivity index (χ3v) is 4.51. The molecule has 23 heavy (non-hydrogen) atoms. The van der Waals surface area contributed by atoms with Gasteiger partial charge >= 0.3 is 5.97 Å². The number of piperidine rings is 1. The zero-order chi connectivity index (χ0) is 16.2. The van der Waals surface area contributed by atoms with E-state index < -0.39 is 0 Å². The third-order valence-electron chi connectivity index (χ3n) is 4.32. The highest BCUT2D eigenvalue weighted by Crippen LogP contribution is 2.26. The van der Waals surface area contributed by atoms with Gasteiger partial charge in [0.2, 0.25) is 0 Å². The molecule has 2 heterocycles. The number of benzene rings is 1. The first-order valence-electron chi connectivity index (χ1n) is 8.14. The van der Waals surface area contributed by atoms with Gasteiger partial charge < -0.3 is 4.74 Å². The lowest BCUT2D eigenvalue weighted by molar-refractivity contribution is -0.151. The predicted molar refractivity (Wildman–Crippen MR) is 91.4 cm³/mol. The predicted octanol–water partition coefficient (Wildman–Crippen LogP) is 3.81. The molecular weight excluding hydrogens is 312 g/mol. The molecule has 0 unspecified atom stereocenters. The third kappa shape index (κ3) is 3.65. The Morgan fingerprint density at radius 1 is 1.39 bits per heavy atom. The van der Waals surface area contributed by atoms with Gasteiger partial charge in [-0.05, 0) is 44.0 Å². The van der Waals surface area contributed by atoms with Gasteiger partial charge in [0.1, 0.15) is 11.2 Å². The van der Waals surface area contributed by atoms with Gasteiger partial charge in [0.25, 0.3) is 0 Å². The molecule has 2 aromatic rings. The summed E-state index contributed by atoms with van der Waals surface area (Å²) in [7, 11) is 0. The lowest BCUT2D eigenvalue weighted by Crippen LogP contribution is -2.45. The molecule has 0 N–H and O–H groups in total. The second-order valence-electron chi connectivity index (χ2n) is 5.86. The van der Waals surface area contributed by atoms with Crippen LogP contribution in [0.2, 0.25) is 5.15 Å². The Bertz CT molecular complexity index is 704. The number of aromatic nitrogens is 1. The van der Waals surface area contributed by atoms with E-state index in [1.165, 1.54) is 0 Å². The fourth-order valence-electron chi connectivity index (χ4n) is 3.25. The quantitative estimate of drug-likeness (QED) is 0.631. The van der Waals surface area contributed by atoms with Crippen LogP contribution in [0.1, 0.15) is 31.7 Å². The molecule has 1 fully saturated rings. The molecule has 5 heteroatoms. The molecular formula is C18H21ClN2O2. The van der Waals surface area contributed by atoms with E-state index in [-0.39, 0.29) is 12.0 Å². The van der Waals surface area contributed by atoms with Gasteiger partial charge in [-0.25, -0.2) is 4.98 Å². The molecule has 1 aliphatic rings. The monoisotopic (exact) mass is 332 g/mol. The van der Waals surface area contributed by atoms with E-state index in [0.717, 1.165) is 42.3 Å². The number of rotatable bonds is 4. The highest BCUT2D eigenvalue weighted by molar-refractivity contribution is 6.29. The minimum atomic E-state index is -0.158. The van der Waals surface area contributed by atoms with Gasteiger partial charge in [0.15, 0.2) is 0 Å². The zero-order valence-corrected chi connectivity index (χ0v) is 14.1. The first kappa shape index (κ1) is 16.2. The second kappa shape index (κ2) is 7.28. The van der Waals surface area contributed by atoms with Crippen LogP contribution >= 0.6 is 11.6 Å². The number of ether oxygens (including phenoxy) is 1. The van der Waals surface area contributed by atoms with Gasteiger partial charge in [-0.15, -0.1) is 0 Å². The van der Waals surface area contributed by atoms with Crippen LogP contribution in [0.15, 0.2) is 30.3 Å². The smallest absolute Gasteiger partial charge is 0.323 e. The number of nitrogens with zero attached hydrogens (tertiary/aromatic N) is 2. The summed E-state index contributed by atoms with van der Waals surface area (Å²) in [5.41, 5.74) is 2.00. The summed E-state index contributed by atoms with van der Waals surface area (Å²) in [4.78, 5) is 18.8. The average Bonchev–Trinajstić information content (AvgIpc) is 2.55. The molecule has 1 aliphatic heterocycles. The number of halogens is 1. The summed E-state index contributed by atoms with van der Waals surface area (Å²) in [5, 5.41) is 1.58. The van der Waals surface area contributed by atoms with Crippen molar-refractivity contribution in [2.75, 3.05) is 13.2 Å². The minimum absolute atomic E-state index is 0.114. The van der Waals surface area contributed by atoms with Crippen LogP contribution < -0.4 is 0 Å². The number of likely N-dealkylation sites (tertiary alicyclic amines) is 1. The molecule has 0 amide bonds. The molecule has 0 aliphatic carbocycles. The van der Waals surface area contributed by atoms with E-state index >= 15 is 0 Å². The van der Waals surface area contributed by atoms with Crippen LogP contribution in [0.3, 0.4) is 0 Å². The van der Waals surface area contributed by atoms with Crippen molar-refractivity contribution in [3.05, 3.63) is 41.0 Å². The molecule has 0 bridgehead atoms. The summed E-state index contributed by atoms with van der Waals surface area (Å²) in [5.74, 6) is -0.114. The number of para-hydroxylation sites is 1. The van der Waals surface area contributed by atoms with Crippen molar-refractivity contribution in [2.24, 2.45) is 0 Å². The molecule has 3 rings (SSSR count). The van der Waals surface area contributed by atoms with Gasteiger partial charge in [-0.3, -0.25) is 9.69 Å². The van der Waals surface area contributed by atoms with E-state index in [9.17, 15) is 4.79 Å². The Balaban J connectivity index is 1.89. The average molecular weight is 333 g/mol. The van der Waals surface area contributed by atoms with Crippen molar-refractivity contribution in [2.45, 2.75) is 38.8 Å². The number of pyridine rings is 1. The number of carbonyl (C=O) groups is 1. The van der Waals surface area contributed by atoms with E-state index in [2.05, 4.69) is 16.0 Å². The van der Waals surface area contributed by atoms with Crippen LogP contribution in [0.5, 0.6) is 0 Å². The molecule has 1 saturated heterocycles. The Morgan fingerprint density at radius 2 is 2.22 bits per heavy atom. The Labute approximate surface area is 141 Å². The zero-order valence-electron chi connectivity index (χ0n) is 13.3. The van der Waals surface area contributed by atoms with E-state index in [1.54, 1.807) is 0 Å². The highest BCUT2D eigenvalue weighted by Gasteiger charge is 2.30. The van der Waals surface area contributed by atoms with Crippen molar-refractivity contribution in [1.82, 2.24) is 9.88 Å². The number of fused-ring (bicyclic) bond motifs is 1. The fraction of sp³-hybridized carbons (Fsp3) is 0.444. The van der Waals surface area contributed by atoms with Crippen LogP contribution in [0.4, 0.5) is 0 Å². The molecule has 122 valence electrons. The number of hydrogen-bond donors (Lipinski definition) is 0. The number of esters is 1. The number of carbonyl (C=O) groups excluding carboxylic acids is 1. The number of hydrogen-bond acceptors (Lipinski definition) is 4. The first-order chi connectivity index (χ1) is 11.2. The molecule has 0 saturated carbocycles. The fourth-order valence-corrected chi connectivity index (χ4v) is 3.47. The topological polar surface area (TPSA) is 42.4 Å². The van der Waals surface area contributed by atoms with Gasteiger partial charge in [-0.1, -0.05) is 36.2 Å². The Morgan fingerprint density at radius 3 is 3.04 bits per heavy atom. The van der Waals surface area contributed by atoms with Crippen molar-refractivity contribution in [1.29, 1.82) is 0 Å². The maximum absolute atomic E-state index is 12.2. The van der Waals surface area contributed by atoms with E-state index in [1.807, 2.05) is 31.2 Å². The molecule has 0 radical (unpaired) electrons. The van der Waals surface area contributed by atoms with Crippen LogP contribution in [0, 0.1) is 0 Å². The first-order valence-corrected chi connectivity index (χ1v) is 8.51. The van der Waals surface area contributed by atoms with Crippen LogP contribution in [-0.2, 0) is 16.1 Å². The van der Waals surface area contributed by atoms with Crippen LogP contribution in [-0.4, -0.2) is 35.0 Å². The molecule has 1 aromatic carbocycles. The summed E-state index contributed by atoms with van der Waals surface area (Å²) in [6.07, 6.45) is 3.03. The van der Waals surface area contributed by atoms with E-state index in [4.69, 9.17) is 16.3 Å². The summed E-state index contributed by atoms with van der Waals surface area (Å²) in [6.45, 7) is 3.86. The van der Waals surface area contributed by atoms with Crippen molar-refractivity contribution < 1.29 is 9.53 Å². The van der Waals surface area contributed by atoms with Crippen molar-refractivity contribution in [3.63, 3.8) is 0 Å². The SMILES string of the molecule is CCOC(=O)[C@H]1CCCCN1Cc1cc(Cl)nc2ccccc12. The lowest BCUT2D eigenvalue weighted by atomic mass is 10.0. The summed E-state index contributed by atoms with van der Waals surface area (Å²) in [6, 6.07) is 9.72. The Hall–Kier alpha value is -1.65. The van der Waals surface area contributed by atoms with E-state index in [0.29, 0.717) is 18.3 Å².